The van der Waals surface area contributed by atoms with Crippen LogP contribution in [0, 0.1) is 0 Å². The van der Waals surface area contributed by atoms with E-state index < -0.39 is 48.0 Å². The quantitative estimate of drug-likeness (QED) is 0.621. The van der Waals surface area contributed by atoms with Gasteiger partial charge in [0.15, 0.2) is 0 Å². The fourth-order valence-electron chi connectivity index (χ4n) is 1.12. The molecule has 0 saturated carbocycles. The molecule has 0 aliphatic rings. The second kappa shape index (κ2) is 5.57. The van der Waals surface area contributed by atoms with Gasteiger partial charge >= 0.3 is 42.2 Å². The maximum atomic E-state index is 13.0. The van der Waals surface area contributed by atoms with Crippen LogP contribution in [0.1, 0.15) is 0 Å². The zero-order valence-corrected chi connectivity index (χ0v) is 10.2. The predicted molar refractivity (Wildman–Crippen MR) is 41.8 cm³/mol. The summed E-state index contributed by atoms with van der Waals surface area (Å²) in [6.45, 7) is 0. The molecule has 0 aliphatic heterocycles. The van der Waals surface area contributed by atoms with Crippen molar-refractivity contribution in [2.45, 2.75) is 42.2 Å². The lowest BCUT2D eigenvalue weighted by Gasteiger charge is -2.36. The van der Waals surface area contributed by atoms with E-state index >= 15 is 0 Å². The van der Waals surface area contributed by atoms with E-state index in [1.807, 2.05) is 0 Å². The zero-order valence-electron chi connectivity index (χ0n) is 10.2. The first-order valence-electron chi connectivity index (χ1n) is 4.89. The van der Waals surface area contributed by atoms with E-state index in [1.54, 1.807) is 0 Å². The van der Waals surface area contributed by atoms with E-state index in [0.717, 1.165) is 0 Å². The number of carbonyl (C=O) groups is 1. The van der Waals surface area contributed by atoms with Gasteiger partial charge in [-0.3, -0.25) is 4.79 Å². The minimum Gasteiger partial charge on any atom is -0.288 e. The molecule has 144 valence electrons. The molecule has 0 heterocycles. The topological polar surface area (TPSA) is 17.1 Å². The minimum atomic E-state index is -7.80. The van der Waals surface area contributed by atoms with Gasteiger partial charge in [0.05, 0.1) is 0 Å². The third kappa shape index (κ3) is 2.87. The highest BCUT2D eigenvalue weighted by atomic mass is 19.4. The third-order valence-corrected chi connectivity index (χ3v) is 2.47. The summed E-state index contributed by atoms with van der Waals surface area (Å²) in [5.41, 5.74) is -7.72. The number of Topliss-reactive ketones (excluding diaryl/α,β-unsaturated/α-hetero) is 1. The summed E-state index contributed by atoms with van der Waals surface area (Å²) in [6.07, 6.45) is -21.0. The molecule has 0 aromatic rings. The van der Waals surface area contributed by atoms with Crippen molar-refractivity contribution in [2.24, 2.45) is 0 Å². The van der Waals surface area contributed by atoms with Crippen LogP contribution in [0.5, 0.6) is 0 Å². The van der Waals surface area contributed by atoms with E-state index in [-0.39, 0.29) is 0 Å². The average Bonchev–Trinajstić information content (AvgIpc) is 2.33. The lowest BCUT2D eigenvalue weighted by atomic mass is 9.89. The maximum Gasteiger partial charge on any atom is 0.439 e. The van der Waals surface area contributed by atoms with Crippen molar-refractivity contribution >= 4 is 5.78 Å². The molecular formula is C8HF15O. The van der Waals surface area contributed by atoms with E-state index in [2.05, 4.69) is 0 Å². The smallest absolute Gasteiger partial charge is 0.288 e. The highest BCUT2D eigenvalue weighted by Gasteiger charge is 2.87. The molecule has 0 unspecified atom stereocenters. The Balaban J connectivity index is 6.45. The Labute approximate surface area is 120 Å². The molecular weight excluding hydrogens is 397 g/mol. The molecule has 0 N–H and O–H groups in total. The standard InChI is InChI=1S/C8HF15O/c9-2(10)5(14,15)6(16,17)4(12,13)1(24)3(11,7(18,19)20)8(21,22)23/h2H. The van der Waals surface area contributed by atoms with Crippen LogP contribution in [0.4, 0.5) is 65.9 Å². The molecule has 0 fully saturated rings. The number of hydrogen-bond acceptors (Lipinski definition) is 1. The normalized spacial score (nSPS) is 15.8. The van der Waals surface area contributed by atoms with Gasteiger partial charge in [-0.05, 0) is 0 Å². The molecule has 0 amide bonds. The Morgan fingerprint density at radius 1 is 0.625 bits per heavy atom. The van der Waals surface area contributed by atoms with Gasteiger partial charge in [-0.1, -0.05) is 0 Å². The molecule has 24 heavy (non-hydrogen) atoms. The second-order valence-corrected chi connectivity index (χ2v) is 4.06. The minimum absolute atomic E-state index is 5.42. The first kappa shape index (κ1) is 22.6. The summed E-state index contributed by atoms with van der Waals surface area (Å²) >= 11 is 0. The van der Waals surface area contributed by atoms with Crippen molar-refractivity contribution in [3.8, 4) is 0 Å². The summed E-state index contributed by atoms with van der Waals surface area (Å²) < 4.78 is 184. The van der Waals surface area contributed by atoms with Crippen molar-refractivity contribution in [1.29, 1.82) is 0 Å². The number of ketones is 1. The molecule has 0 aliphatic carbocycles. The molecule has 0 bridgehead atoms. The van der Waals surface area contributed by atoms with Gasteiger partial charge in [0.2, 0.25) is 0 Å². The predicted octanol–water partition coefficient (Wildman–Crippen LogP) is 4.56. The first-order valence-corrected chi connectivity index (χ1v) is 4.89. The Hall–Kier alpha value is -1.38. The van der Waals surface area contributed by atoms with Gasteiger partial charge in [0.1, 0.15) is 0 Å². The molecule has 0 rings (SSSR count). The summed E-state index contributed by atoms with van der Waals surface area (Å²) in [4.78, 5) is 10.5. The lowest BCUT2D eigenvalue weighted by Crippen LogP contribution is -2.70. The highest BCUT2D eigenvalue weighted by molar-refractivity contribution is 5.96. The van der Waals surface area contributed by atoms with Gasteiger partial charge in [-0.15, -0.1) is 0 Å². The monoisotopic (exact) mass is 398 g/mol. The number of alkyl halides is 15. The van der Waals surface area contributed by atoms with Crippen LogP contribution in [0.15, 0.2) is 0 Å². The Bertz CT molecular complexity index is 469. The van der Waals surface area contributed by atoms with Crippen molar-refractivity contribution < 1.29 is 70.7 Å². The lowest BCUT2D eigenvalue weighted by molar-refractivity contribution is -0.354. The van der Waals surface area contributed by atoms with Crippen LogP contribution in [0.25, 0.3) is 0 Å². The van der Waals surface area contributed by atoms with Gasteiger partial charge in [0.25, 0.3) is 5.78 Å². The number of rotatable bonds is 5. The summed E-state index contributed by atoms with van der Waals surface area (Å²) in [5, 5.41) is 0. The largest absolute Gasteiger partial charge is 0.439 e. The van der Waals surface area contributed by atoms with Crippen LogP contribution < -0.4 is 0 Å². The molecule has 0 spiro atoms. The summed E-state index contributed by atoms with van der Waals surface area (Å²) in [5.74, 6) is -28.3. The molecule has 0 atom stereocenters. The number of halogens is 15. The Morgan fingerprint density at radius 2 is 0.917 bits per heavy atom. The number of hydrogen-bond donors (Lipinski definition) is 0. The summed E-state index contributed by atoms with van der Waals surface area (Å²) in [6, 6.07) is 0. The van der Waals surface area contributed by atoms with Crippen LogP contribution >= 0.6 is 0 Å². The van der Waals surface area contributed by atoms with Crippen molar-refractivity contribution in [3.05, 3.63) is 0 Å². The van der Waals surface area contributed by atoms with Gasteiger partial charge in [0, 0.05) is 0 Å². The molecule has 0 radical (unpaired) electrons. The van der Waals surface area contributed by atoms with Crippen molar-refractivity contribution in [3.63, 3.8) is 0 Å². The maximum absolute atomic E-state index is 13.0. The van der Waals surface area contributed by atoms with Crippen LogP contribution in [-0.2, 0) is 4.79 Å². The van der Waals surface area contributed by atoms with E-state index in [9.17, 15) is 70.7 Å². The molecule has 0 aromatic carbocycles. The molecule has 0 saturated heterocycles. The molecule has 1 nitrogen and oxygen atoms in total. The van der Waals surface area contributed by atoms with Crippen LogP contribution in [-0.4, -0.2) is 48.0 Å². The summed E-state index contributed by atoms with van der Waals surface area (Å²) in [7, 11) is 0. The zero-order chi connectivity index (χ0) is 20.2. The van der Waals surface area contributed by atoms with E-state index in [1.165, 1.54) is 0 Å². The fourth-order valence-corrected chi connectivity index (χ4v) is 1.12. The van der Waals surface area contributed by atoms with E-state index in [0.29, 0.717) is 0 Å². The fraction of sp³-hybridized carbons (Fsp3) is 0.875. The van der Waals surface area contributed by atoms with Crippen molar-refractivity contribution in [2.75, 3.05) is 0 Å². The van der Waals surface area contributed by atoms with Crippen LogP contribution in [0.3, 0.4) is 0 Å². The molecule has 16 heteroatoms. The highest BCUT2D eigenvalue weighted by Crippen LogP contribution is 2.55. The average molecular weight is 398 g/mol. The SMILES string of the molecule is O=C(C(F)(F)C(F)(F)C(F)(F)C(F)F)C(F)(C(F)(F)F)C(F)(F)F. The Morgan fingerprint density at radius 3 is 1.12 bits per heavy atom. The van der Waals surface area contributed by atoms with Crippen LogP contribution in [0.2, 0.25) is 0 Å². The number of carbonyl (C=O) groups excluding carboxylic acids is 1. The third-order valence-electron chi connectivity index (χ3n) is 2.47. The van der Waals surface area contributed by atoms with Gasteiger partial charge < -0.3 is 0 Å². The van der Waals surface area contributed by atoms with Crippen molar-refractivity contribution in [1.82, 2.24) is 0 Å². The molecule has 0 aromatic heterocycles. The Kier molecular flexibility index (Phi) is 5.25. The first-order chi connectivity index (χ1) is 10.1. The van der Waals surface area contributed by atoms with E-state index in [4.69, 9.17) is 0 Å². The van der Waals surface area contributed by atoms with Gasteiger partial charge in [-0.25, -0.2) is 13.2 Å². The van der Waals surface area contributed by atoms with Gasteiger partial charge in [-0.2, -0.15) is 52.7 Å². The second-order valence-electron chi connectivity index (χ2n) is 4.06.